The first-order chi connectivity index (χ1) is 11.8. The summed E-state index contributed by atoms with van der Waals surface area (Å²) in [6.45, 7) is 3.90. The fraction of sp³-hybridized carbons (Fsp3) is 0.235. The van der Waals surface area contributed by atoms with Crippen LogP contribution in [0.5, 0.6) is 5.75 Å². The molecule has 0 fully saturated rings. The van der Waals surface area contributed by atoms with Crippen molar-refractivity contribution in [1.82, 2.24) is 9.78 Å². The molecule has 0 radical (unpaired) electrons. The van der Waals surface area contributed by atoms with Gasteiger partial charge in [0.2, 0.25) is 0 Å². The molecule has 1 N–H and O–H groups in total. The molecule has 3 aromatic rings. The van der Waals surface area contributed by atoms with Gasteiger partial charge in [0.25, 0.3) is 10.0 Å². The Morgan fingerprint density at radius 2 is 1.88 bits per heavy atom. The molecule has 0 saturated carbocycles. The summed E-state index contributed by atoms with van der Waals surface area (Å²) in [5.74, 6) is 0.0847. The van der Waals surface area contributed by atoms with Gasteiger partial charge in [-0.3, -0.25) is 8.99 Å². The predicted octanol–water partition coefficient (Wildman–Crippen LogP) is 3.72. The number of rotatable bonds is 5. The molecule has 0 unspecified atom stereocenters. The highest BCUT2D eigenvalue weighted by molar-refractivity contribution is 7.93. The molecule has 0 aliphatic heterocycles. The van der Waals surface area contributed by atoms with E-state index in [2.05, 4.69) is 5.10 Å². The number of sulfonamides is 1. The third-order valence-electron chi connectivity index (χ3n) is 3.83. The van der Waals surface area contributed by atoms with E-state index in [0.29, 0.717) is 11.4 Å². The molecule has 6 nitrogen and oxygen atoms in total. The number of nitrogens with zero attached hydrogens (tertiary/aromatic N) is 3. The summed E-state index contributed by atoms with van der Waals surface area (Å²) in [5.41, 5.74) is 0.918. The van der Waals surface area contributed by atoms with Gasteiger partial charge in [-0.25, -0.2) is 8.42 Å². The van der Waals surface area contributed by atoms with Crippen LogP contribution in [-0.2, 0) is 10.0 Å². The summed E-state index contributed by atoms with van der Waals surface area (Å²) in [6, 6.07) is 9.81. The molecule has 0 aliphatic carbocycles. The second-order valence-electron chi connectivity index (χ2n) is 5.88. The van der Waals surface area contributed by atoms with Crippen LogP contribution in [0, 0.1) is 0 Å². The fourth-order valence-electron chi connectivity index (χ4n) is 2.36. The Balaban J connectivity index is 2.11. The normalized spacial score (nSPS) is 11.8. The van der Waals surface area contributed by atoms with Gasteiger partial charge in [0.05, 0.1) is 10.6 Å². The smallest absolute Gasteiger partial charge is 0.267 e. The number of hydrogen-bond acceptors (Lipinski definition) is 5. The molecule has 1 aromatic carbocycles. The molecule has 25 heavy (non-hydrogen) atoms. The maximum Gasteiger partial charge on any atom is 0.267 e. The first-order valence-corrected chi connectivity index (χ1v) is 10.0. The topological polar surface area (TPSA) is 75.4 Å². The fourth-order valence-corrected chi connectivity index (χ4v) is 4.48. The van der Waals surface area contributed by atoms with Gasteiger partial charge < -0.3 is 5.11 Å². The van der Waals surface area contributed by atoms with Crippen LogP contribution in [0.3, 0.4) is 0 Å². The summed E-state index contributed by atoms with van der Waals surface area (Å²) in [7, 11) is -2.31. The van der Waals surface area contributed by atoms with E-state index in [1.165, 1.54) is 34.8 Å². The molecule has 0 amide bonds. The lowest BCUT2D eigenvalue weighted by molar-refractivity contribution is 0.475. The highest BCUT2D eigenvalue weighted by Crippen LogP contribution is 2.33. The number of hydrogen-bond donors (Lipinski definition) is 1. The van der Waals surface area contributed by atoms with Gasteiger partial charge in [-0.2, -0.15) is 5.10 Å². The minimum absolute atomic E-state index is 0.0432. The van der Waals surface area contributed by atoms with Gasteiger partial charge in [-0.1, -0.05) is 6.07 Å². The highest BCUT2D eigenvalue weighted by atomic mass is 32.2. The van der Waals surface area contributed by atoms with Crippen LogP contribution in [-0.4, -0.2) is 30.4 Å². The van der Waals surface area contributed by atoms with Gasteiger partial charge in [0, 0.05) is 19.3 Å². The number of aromatic hydroxyl groups is 1. The molecule has 0 atom stereocenters. The van der Waals surface area contributed by atoms with Crippen LogP contribution >= 0.6 is 11.3 Å². The molecule has 2 aromatic heterocycles. The summed E-state index contributed by atoms with van der Waals surface area (Å²) < 4.78 is 29.2. The Morgan fingerprint density at radius 3 is 2.44 bits per heavy atom. The van der Waals surface area contributed by atoms with E-state index in [1.807, 2.05) is 31.4 Å². The SMILES string of the molecule is CC(C)n1cc(S(=O)(=O)N(C)c2ccc(O)cc2)c(-c2cccs2)n1. The minimum Gasteiger partial charge on any atom is -0.508 e. The Morgan fingerprint density at radius 1 is 1.20 bits per heavy atom. The summed E-state index contributed by atoms with van der Waals surface area (Å²) >= 11 is 1.45. The third-order valence-corrected chi connectivity index (χ3v) is 6.50. The summed E-state index contributed by atoms with van der Waals surface area (Å²) in [4.78, 5) is 0.969. The zero-order valence-corrected chi connectivity index (χ0v) is 15.8. The van der Waals surface area contributed by atoms with E-state index in [0.717, 1.165) is 4.88 Å². The van der Waals surface area contributed by atoms with Crippen molar-refractivity contribution in [3.63, 3.8) is 0 Å². The number of aromatic nitrogens is 2. The van der Waals surface area contributed by atoms with Crippen LogP contribution in [0.2, 0.25) is 0 Å². The lowest BCUT2D eigenvalue weighted by Gasteiger charge is -2.19. The van der Waals surface area contributed by atoms with Crippen molar-refractivity contribution >= 4 is 27.0 Å². The Hall–Kier alpha value is -2.32. The van der Waals surface area contributed by atoms with Crippen molar-refractivity contribution in [2.75, 3.05) is 11.4 Å². The average molecular weight is 377 g/mol. The quantitative estimate of drug-likeness (QED) is 0.735. The van der Waals surface area contributed by atoms with Crippen LogP contribution in [0.4, 0.5) is 5.69 Å². The second kappa shape index (κ2) is 6.53. The zero-order valence-electron chi connectivity index (χ0n) is 14.1. The summed E-state index contributed by atoms with van der Waals surface area (Å²) in [6.07, 6.45) is 1.58. The van der Waals surface area contributed by atoms with Gasteiger partial charge in [-0.05, 0) is 49.6 Å². The molecule has 3 rings (SSSR count). The molecule has 132 valence electrons. The van der Waals surface area contributed by atoms with E-state index in [-0.39, 0.29) is 16.7 Å². The third kappa shape index (κ3) is 3.27. The van der Waals surface area contributed by atoms with Crippen LogP contribution in [0.25, 0.3) is 10.6 Å². The number of benzene rings is 1. The molecule has 0 aliphatic rings. The lowest BCUT2D eigenvalue weighted by Crippen LogP contribution is -2.26. The molecule has 2 heterocycles. The molecule has 0 bridgehead atoms. The number of phenols is 1. The Bertz CT molecular complexity index is 959. The Labute approximate surface area is 151 Å². The average Bonchev–Trinajstić information content (AvgIpc) is 3.24. The van der Waals surface area contributed by atoms with E-state index in [1.54, 1.807) is 23.0 Å². The van der Waals surface area contributed by atoms with Crippen LogP contribution in [0.1, 0.15) is 19.9 Å². The minimum atomic E-state index is -3.80. The van der Waals surface area contributed by atoms with E-state index in [4.69, 9.17) is 0 Å². The van der Waals surface area contributed by atoms with Crippen molar-refractivity contribution in [2.24, 2.45) is 0 Å². The zero-order chi connectivity index (χ0) is 18.2. The molecule has 0 saturated heterocycles. The molecular weight excluding hydrogens is 358 g/mol. The first-order valence-electron chi connectivity index (χ1n) is 7.71. The van der Waals surface area contributed by atoms with E-state index >= 15 is 0 Å². The summed E-state index contributed by atoms with van der Waals surface area (Å²) in [5, 5.41) is 15.8. The molecular formula is C17H19N3O3S2. The maximum atomic E-state index is 13.2. The maximum absolute atomic E-state index is 13.2. The van der Waals surface area contributed by atoms with E-state index in [9.17, 15) is 13.5 Å². The number of thiophene rings is 1. The van der Waals surface area contributed by atoms with Crippen molar-refractivity contribution < 1.29 is 13.5 Å². The number of phenolic OH excluding ortho intramolecular Hbond substituents is 1. The van der Waals surface area contributed by atoms with E-state index < -0.39 is 10.0 Å². The van der Waals surface area contributed by atoms with Crippen LogP contribution < -0.4 is 4.31 Å². The van der Waals surface area contributed by atoms with Crippen molar-refractivity contribution in [3.8, 4) is 16.3 Å². The predicted molar refractivity (Wildman–Crippen MR) is 99.6 cm³/mol. The van der Waals surface area contributed by atoms with Gasteiger partial charge >= 0.3 is 0 Å². The van der Waals surface area contributed by atoms with Gasteiger partial charge in [0.1, 0.15) is 16.3 Å². The van der Waals surface area contributed by atoms with Gasteiger partial charge in [0.15, 0.2) is 0 Å². The lowest BCUT2D eigenvalue weighted by atomic mass is 10.3. The standard InChI is InChI=1S/C17H19N3O3S2/c1-12(2)20-11-16(17(18-20)15-5-4-10-24-15)25(22,23)19(3)13-6-8-14(21)9-7-13/h4-12,21H,1-3H3. The van der Waals surface area contributed by atoms with Crippen molar-refractivity contribution in [1.29, 1.82) is 0 Å². The second-order valence-corrected chi connectivity index (χ2v) is 8.77. The molecule has 0 spiro atoms. The monoisotopic (exact) mass is 377 g/mol. The molecule has 8 heteroatoms. The first kappa shape index (κ1) is 17.5. The highest BCUT2D eigenvalue weighted by Gasteiger charge is 2.29. The number of anilines is 1. The Kier molecular flexibility index (Phi) is 4.57. The largest absolute Gasteiger partial charge is 0.508 e. The van der Waals surface area contributed by atoms with Crippen LogP contribution in [0.15, 0.2) is 52.9 Å². The van der Waals surface area contributed by atoms with Gasteiger partial charge in [-0.15, -0.1) is 11.3 Å². The van der Waals surface area contributed by atoms with Crippen molar-refractivity contribution in [3.05, 3.63) is 48.0 Å². The van der Waals surface area contributed by atoms with Crippen molar-refractivity contribution in [2.45, 2.75) is 24.8 Å².